The van der Waals surface area contributed by atoms with Crippen molar-refractivity contribution >= 4 is 52.1 Å². The first-order chi connectivity index (χ1) is 18.0. The molecule has 0 aliphatic heterocycles. The molecule has 3 aromatic rings. The predicted molar refractivity (Wildman–Crippen MR) is 153 cm³/mol. The number of fused-ring (bicyclic) bond motifs is 1. The Morgan fingerprint density at radius 2 is 1.59 bits per heavy atom. The molecule has 3 aromatic carbocycles. The van der Waals surface area contributed by atoms with E-state index in [9.17, 15) is 9.59 Å². The highest BCUT2D eigenvalue weighted by atomic mass is 35.5. The number of hydrazone groups is 1. The summed E-state index contributed by atoms with van der Waals surface area (Å²) in [5.74, 6) is -0.432. The van der Waals surface area contributed by atoms with Crippen LogP contribution >= 0.6 is 23.2 Å². The molecule has 0 bridgehead atoms. The summed E-state index contributed by atoms with van der Waals surface area (Å²) in [4.78, 5) is 25.1. The monoisotopic (exact) mass is 540 g/mol. The van der Waals surface area contributed by atoms with Gasteiger partial charge in [0, 0.05) is 17.0 Å². The van der Waals surface area contributed by atoms with E-state index in [-0.39, 0.29) is 16.5 Å². The standard InChI is InChI=1S/C30H34Cl2N2O3/c1-2-3-4-5-6-7-8-9-10-15-29(35)34-33-21-26-24-14-12-11-13-22(24)16-19-28(26)37-30(36)25-18-17-23(31)20-27(25)32/h11-14,16-21H,2-10,15H2,1H3,(H,34,35)/b33-21-. The molecule has 7 heteroatoms. The van der Waals surface area contributed by atoms with Crippen LogP contribution in [-0.4, -0.2) is 18.1 Å². The Morgan fingerprint density at radius 1 is 0.892 bits per heavy atom. The lowest BCUT2D eigenvalue weighted by Crippen LogP contribution is -2.17. The minimum absolute atomic E-state index is 0.133. The highest BCUT2D eigenvalue weighted by Crippen LogP contribution is 2.29. The maximum Gasteiger partial charge on any atom is 0.345 e. The van der Waals surface area contributed by atoms with Crippen LogP contribution in [0.5, 0.6) is 5.75 Å². The maximum absolute atomic E-state index is 12.8. The first-order valence-corrected chi connectivity index (χ1v) is 13.8. The van der Waals surface area contributed by atoms with Crippen molar-refractivity contribution in [2.75, 3.05) is 0 Å². The molecule has 0 aliphatic rings. The van der Waals surface area contributed by atoms with Crippen LogP contribution in [0.3, 0.4) is 0 Å². The molecule has 0 aliphatic carbocycles. The van der Waals surface area contributed by atoms with Gasteiger partial charge in [0.25, 0.3) is 0 Å². The summed E-state index contributed by atoms with van der Waals surface area (Å²) < 4.78 is 5.68. The minimum Gasteiger partial charge on any atom is -0.422 e. The van der Waals surface area contributed by atoms with Crippen LogP contribution in [0.1, 0.15) is 87.1 Å². The van der Waals surface area contributed by atoms with Crippen molar-refractivity contribution in [1.29, 1.82) is 0 Å². The Hall–Kier alpha value is -2.89. The van der Waals surface area contributed by atoms with E-state index in [1.165, 1.54) is 56.9 Å². The number of rotatable bonds is 14. The van der Waals surface area contributed by atoms with Gasteiger partial charge in [0.2, 0.25) is 5.91 Å². The maximum atomic E-state index is 12.8. The number of carbonyl (C=O) groups excluding carboxylic acids is 2. The molecule has 0 aromatic heterocycles. The number of amides is 1. The third-order valence-corrected chi connectivity index (χ3v) is 6.72. The number of unbranched alkanes of at least 4 members (excludes halogenated alkanes) is 8. The van der Waals surface area contributed by atoms with E-state index in [1.807, 2.05) is 30.3 Å². The number of esters is 1. The highest BCUT2D eigenvalue weighted by Gasteiger charge is 2.16. The molecule has 0 radical (unpaired) electrons. The summed E-state index contributed by atoms with van der Waals surface area (Å²) in [7, 11) is 0. The van der Waals surface area contributed by atoms with Crippen molar-refractivity contribution in [2.45, 2.75) is 71.1 Å². The number of carbonyl (C=O) groups is 2. The van der Waals surface area contributed by atoms with E-state index in [0.29, 0.717) is 22.8 Å². The fourth-order valence-electron chi connectivity index (χ4n) is 4.13. The lowest BCUT2D eigenvalue weighted by atomic mass is 10.0. The van der Waals surface area contributed by atoms with Crippen LogP contribution in [-0.2, 0) is 4.79 Å². The van der Waals surface area contributed by atoms with E-state index in [2.05, 4.69) is 17.5 Å². The fourth-order valence-corrected chi connectivity index (χ4v) is 4.61. The quantitative estimate of drug-likeness (QED) is 0.0730. The first-order valence-electron chi connectivity index (χ1n) is 13.0. The van der Waals surface area contributed by atoms with Gasteiger partial charge in [-0.05, 0) is 41.5 Å². The van der Waals surface area contributed by atoms with Gasteiger partial charge in [-0.25, -0.2) is 10.2 Å². The third-order valence-electron chi connectivity index (χ3n) is 6.17. The van der Waals surface area contributed by atoms with Crippen molar-refractivity contribution in [3.63, 3.8) is 0 Å². The lowest BCUT2D eigenvalue weighted by Gasteiger charge is -2.11. The van der Waals surface area contributed by atoms with Gasteiger partial charge in [-0.15, -0.1) is 0 Å². The molecule has 5 nitrogen and oxygen atoms in total. The van der Waals surface area contributed by atoms with E-state index >= 15 is 0 Å². The molecule has 0 heterocycles. The highest BCUT2D eigenvalue weighted by molar-refractivity contribution is 6.36. The van der Waals surface area contributed by atoms with Crippen molar-refractivity contribution in [3.8, 4) is 5.75 Å². The van der Waals surface area contributed by atoms with Gasteiger partial charge in [0.15, 0.2) is 0 Å². The van der Waals surface area contributed by atoms with Crippen molar-refractivity contribution in [2.24, 2.45) is 5.10 Å². The smallest absolute Gasteiger partial charge is 0.345 e. The second kappa shape index (κ2) is 15.4. The minimum atomic E-state index is -0.610. The molecule has 196 valence electrons. The summed E-state index contributed by atoms with van der Waals surface area (Å²) in [5, 5.41) is 6.59. The zero-order chi connectivity index (χ0) is 26.5. The van der Waals surface area contributed by atoms with Crippen molar-refractivity contribution < 1.29 is 14.3 Å². The number of nitrogens with zero attached hydrogens (tertiary/aromatic N) is 1. The normalized spacial score (nSPS) is 11.2. The van der Waals surface area contributed by atoms with Crippen molar-refractivity contribution in [3.05, 3.63) is 75.8 Å². The second-order valence-electron chi connectivity index (χ2n) is 9.08. The van der Waals surface area contributed by atoms with Crippen LogP contribution in [0.25, 0.3) is 10.8 Å². The number of ether oxygens (including phenoxy) is 1. The predicted octanol–water partition coefficient (Wildman–Crippen LogP) is 8.74. The number of hydrogen-bond donors (Lipinski definition) is 1. The summed E-state index contributed by atoms with van der Waals surface area (Å²) in [5.41, 5.74) is 3.39. The molecule has 0 spiro atoms. The lowest BCUT2D eigenvalue weighted by molar-refractivity contribution is -0.121. The molecule has 0 saturated heterocycles. The zero-order valence-corrected chi connectivity index (χ0v) is 22.8. The molecule has 0 atom stereocenters. The Bertz CT molecular complexity index is 1230. The molecular weight excluding hydrogens is 507 g/mol. The van der Waals surface area contributed by atoms with E-state index < -0.39 is 5.97 Å². The Balaban J connectivity index is 1.59. The number of benzene rings is 3. The molecule has 37 heavy (non-hydrogen) atoms. The van der Waals surface area contributed by atoms with Crippen LogP contribution < -0.4 is 10.2 Å². The summed E-state index contributed by atoms with van der Waals surface area (Å²) in [6, 6.07) is 15.8. The number of nitrogens with one attached hydrogen (secondary N) is 1. The van der Waals surface area contributed by atoms with Gasteiger partial charge in [-0.1, -0.05) is 112 Å². The average molecular weight is 542 g/mol. The largest absolute Gasteiger partial charge is 0.422 e. The second-order valence-corrected chi connectivity index (χ2v) is 9.93. The fraction of sp³-hybridized carbons (Fsp3) is 0.367. The summed E-state index contributed by atoms with van der Waals surface area (Å²) in [6.07, 6.45) is 12.7. The van der Waals surface area contributed by atoms with Gasteiger partial charge in [-0.3, -0.25) is 4.79 Å². The average Bonchev–Trinajstić information content (AvgIpc) is 2.88. The third kappa shape index (κ3) is 9.17. The number of halogens is 2. The van der Waals surface area contributed by atoms with Crippen molar-refractivity contribution in [1.82, 2.24) is 5.43 Å². The Kier molecular flexibility index (Phi) is 11.9. The Labute approximate surface area is 229 Å². The van der Waals surface area contributed by atoms with Gasteiger partial charge >= 0.3 is 5.97 Å². The molecular formula is C30H34Cl2N2O3. The van der Waals surface area contributed by atoms with Crippen LogP contribution in [0.4, 0.5) is 0 Å². The Morgan fingerprint density at radius 3 is 2.32 bits per heavy atom. The molecule has 1 amide bonds. The van der Waals surface area contributed by atoms with E-state index in [4.69, 9.17) is 27.9 Å². The molecule has 1 N–H and O–H groups in total. The van der Waals surface area contributed by atoms with Crippen LogP contribution in [0, 0.1) is 0 Å². The van der Waals surface area contributed by atoms with E-state index in [0.717, 1.165) is 30.0 Å². The summed E-state index contributed by atoms with van der Waals surface area (Å²) in [6.45, 7) is 2.23. The van der Waals surface area contributed by atoms with Gasteiger partial charge < -0.3 is 4.74 Å². The molecule has 0 saturated carbocycles. The molecule has 3 rings (SSSR count). The zero-order valence-electron chi connectivity index (χ0n) is 21.3. The molecule has 0 unspecified atom stereocenters. The SMILES string of the molecule is CCCCCCCCCCCC(=O)N/N=C\c1c(OC(=O)c2ccc(Cl)cc2Cl)ccc2ccccc12. The first kappa shape index (κ1) is 28.7. The molecule has 0 fully saturated rings. The topological polar surface area (TPSA) is 67.8 Å². The summed E-state index contributed by atoms with van der Waals surface area (Å²) >= 11 is 12.1. The van der Waals surface area contributed by atoms with Gasteiger partial charge in [-0.2, -0.15) is 5.10 Å². The van der Waals surface area contributed by atoms with Gasteiger partial charge in [0.1, 0.15) is 5.75 Å². The van der Waals surface area contributed by atoms with E-state index in [1.54, 1.807) is 12.1 Å². The number of hydrogen-bond acceptors (Lipinski definition) is 4. The van der Waals surface area contributed by atoms with Crippen LogP contribution in [0.2, 0.25) is 10.0 Å². The van der Waals surface area contributed by atoms with Crippen LogP contribution in [0.15, 0.2) is 59.7 Å². The van der Waals surface area contributed by atoms with Gasteiger partial charge in [0.05, 0.1) is 16.8 Å².